The van der Waals surface area contributed by atoms with Gasteiger partial charge in [-0.05, 0) is 67.9 Å². The number of nitrogens with zero attached hydrogens (tertiary/aromatic N) is 2. The van der Waals surface area contributed by atoms with E-state index in [0.717, 1.165) is 28.3 Å². The van der Waals surface area contributed by atoms with Crippen molar-refractivity contribution >= 4 is 17.3 Å². The number of benzene rings is 3. The molecule has 0 radical (unpaired) electrons. The van der Waals surface area contributed by atoms with E-state index in [-0.39, 0.29) is 5.91 Å². The number of rotatable bonds is 7. The fourth-order valence-electron chi connectivity index (χ4n) is 3.10. The molecule has 0 saturated heterocycles. The quantitative estimate of drug-likeness (QED) is 0.550. The third-order valence-electron chi connectivity index (χ3n) is 4.80. The van der Waals surface area contributed by atoms with Crippen molar-refractivity contribution in [3.63, 3.8) is 0 Å². The normalized spacial score (nSPS) is 10.5. The topological polar surface area (TPSA) is 32.8 Å². The van der Waals surface area contributed by atoms with Crippen LogP contribution in [0.15, 0.2) is 72.8 Å². The van der Waals surface area contributed by atoms with Gasteiger partial charge in [0.25, 0.3) is 5.91 Å². The summed E-state index contributed by atoms with van der Waals surface area (Å²) < 4.78 is 5.54. The molecule has 29 heavy (non-hydrogen) atoms. The smallest absolute Gasteiger partial charge is 0.258 e. The number of hydrogen-bond donors (Lipinski definition) is 0. The highest BCUT2D eigenvalue weighted by molar-refractivity contribution is 6.06. The van der Waals surface area contributed by atoms with Gasteiger partial charge in [-0.1, -0.05) is 29.8 Å². The van der Waals surface area contributed by atoms with E-state index in [0.29, 0.717) is 18.7 Å². The molecule has 3 aromatic carbocycles. The van der Waals surface area contributed by atoms with Crippen LogP contribution in [-0.4, -0.2) is 26.6 Å². The molecule has 0 fully saturated rings. The summed E-state index contributed by atoms with van der Waals surface area (Å²) >= 11 is 0. The molecule has 1 amide bonds. The second-order valence-electron chi connectivity index (χ2n) is 7.25. The average Bonchev–Trinajstić information content (AvgIpc) is 2.73. The van der Waals surface area contributed by atoms with E-state index in [9.17, 15) is 4.79 Å². The molecule has 0 aliphatic rings. The van der Waals surface area contributed by atoms with E-state index >= 15 is 0 Å². The van der Waals surface area contributed by atoms with Crippen molar-refractivity contribution in [1.82, 2.24) is 0 Å². The van der Waals surface area contributed by atoms with Crippen molar-refractivity contribution in [2.45, 2.75) is 20.4 Å². The Labute approximate surface area is 173 Å². The highest BCUT2D eigenvalue weighted by Crippen LogP contribution is 2.24. The van der Waals surface area contributed by atoms with E-state index in [1.165, 1.54) is 0 Å². The lowest BCUT2D eigenvalue weighted by molar-refractivity contribution is 0.0985. The molecule has 0 spiro atoms. The summed E-state index contributed by atoms with van der Waals surface area (Å²) in [5.74, 6) is 0.778. The Balaban J connectivity index is 1.91. The molecule has 0 aromatic heterocycles. The minimum atomic E-state index is -0.0224. The fraction of sp³-hybridized carbons (Fsp3) is 0.240. The summed E-state index contributed by atoms with van der Waals surface area (Å²) in [4.78, 5) is 17.2. The molecule has 4 nitrogen and oxygen atoms in total. The zero-order valence-corrected chi connectivity index (χ0v) is 17.6. The zero-order chi connectivity index (χ0) is 20.8. The van der Waals surface area contributed by atoms with Crippen LogP contribution < -0.4 is 14.5 Å². The number of carbonyl (C=O) groups is 1. The monoisotopic (exact) mass is 388 g/mol. The van der Waals surface area contributed by atoms with Crippen LogP contribution >= 0.6 is 0 Å². The van der Waals surface area contributed by atoms with Crippen molar-refractivity contribution in [3.05, 3.63) is 89.5 Å². The first-order chi connectivity index (χ1) is 14.0. The first kappa shape index (κ1) is 20.5. The number of hydrogen-bond acceptors (Lipinski definition) is 3. The van der Waals surface area contributed by atoms with Crippen molar-refractivity contribution in [1.29, 1.82) is 0 Å². The van der Waals surface area contributed by atoms with Crippen LogP contribution in [0.5, 0.6) is 5.75 Å². The predicted octanol–water partition coefficient (Wildman–Crippen LogP) is 5.31. The van der Waals surface area contributed by atoms with E-state index in [1.807, 2.05) is 81.4 Å². The van der Waals surface area contributed by atoms with Crippen LogP contribution in [0.1, 0.15) is 28.4 Å². The molecule has 3 aromatic rings. The number of aryl methyl sites for hydroxylation is 1. The maximum Gasteiger partial charge on any atom is 0.258 e. The van der Waals surface area contributed by atoms with Gasteiger partial charge in [0.2, 0.25) is 0 Å². The van der Waals surface area contributed by atoms with E-state index < -0.39 is 0 Å². The average molecular weight is 389 g/mol. The Morgan fingerprint density at radius 2 is 1.41 bits per heavy atom. The fourth-order valence-corrected chi connectivity index (χ4v) is 3.10. The third kappa shape index (κ3) is 5.17. The van der Waals surface area contributed by atoms with E-state index in [2.05, 4.69) is 29.2 Å². The van der Waals surface area contributed by atoms with Gasteiger partial charge in [0.1, 0.15) is 5.75 Å². The summed E-state index contributed by atoms with van der Waals surface area (Å²) in [5.41, 5.74) is 4.86. The summed E-state index contributed by atoms with van der Waals surface area (Å²) in [6, 6.07) is 23.7. The van der Waals surface area contributed by atoms with Gasteiger partial charge >= 0.3 is 0 Å². The molecule has 0 bridgehead atoms. The summed E-state index contributed by atoms with van der Waals surface area (Å²) in [6.07, 6.45) is 0. The number of anilines is 2. The molecular weight excluding hydrogens is 360 g/mol. The van der Waals surface area contributed by atoms with Gasteiger partial charge in [0, 0.05) is 31.0 Å². The van der Waals surface area contributed by atoms with E-state index in [1.54, 1.807) is 0 Å². The Morgan fingerprint density at radius 3 is 1.97 bits per heavy atom. The van der Waals surface area contributed by atoms with E-state index in [4.69, 9.17) is 4.74 Å². The highest BCUT2D eigenvalue weighted by Gasteiger charge is 2.18. The Kier molecular flexibility index (Phi) is 6.55. The first-order valence-corrected chi connectivity index (χ1v) is 9.85. The Morgan fingerprint density at radius 1 is 0.828 bits per heavy atom. The second-order valence-corrected chi connectivity index (χ2v) is 7.25. The van der Waals surface area contributed by atoms with Crippen LogP contribution in [0, 0.1) is 6.92 Å². The van der Waals surface area contributed by atoms with Crippen molar-refractivity contribution in [2.24, 2.45) is 0 Å². The van der Waals surface area contributed by atoms with Gasteiger partial charge in [0.05, 0.1) is 13.2 Å². The van der Waals surface area contributed by atoms with Crippen LogP contribution in [0.4, 0.5) is 11.4 Å². The minimum absolute atomic E-state index is 0.0224. The minimum Gasteiger partial charge on any atom is -0.494 e. The highest BCUT2D eigenvalue weighted by atomic mass is 16.5. The largest absolute Gasteiger partial charge is 0.494 e. The SMILES string of the molecule is CCOc1ccc(N(Cc2ccc(N(C)C)cc2)C(=O)c2ccc(C)cc2)cc1. The van der Waals surface area contributed by atoms with Crippen LogP contribution in [0.3, 0.4) is 0 Å². The van der Waals surface area contributed by atoms with Crippen molar-refractivity contribution in [2.75, 3.05) is 30.5 Å². The molecule has 0 atom stereocenters. The van der Waals surface area contributed by atoms with Gasteiger partial charge < -0.3 is 14.5 Å². The van der Waals surface area contributed by atoms with Crippen LogP contribution in [0.2, 0.25) is 0 Å². The maximum atomic E-state index is 13.3. The molecule has 0 unspecified atom stereocenters. The van der Waals surface area contributed by atoms with Gasteiger partial charge in [0.15, 0.2) is 0 Å². The molecule has 4 heteroatoms. The molecule has 3 rings (SSSR count). The standard InChI is InChI=1S/C25H28N2O2/c1-5-29-24-16-14-23(15-17-24)27(25(28)21-10-6-19(2)7-11-21)18-20-8-12-22(13-9-20)26(3)4/h6-17H,5,18H2,1-4H3. The van der Waals surface area contributed by atoms with Gasteiger partial charge in [-0.3, -0.25) is 4.79 Å². The number of carbonyl (C=O) groups excluding carboxylic acids is 1. The third-order valence-corrected chi connectivity index (χ3v) is 4.80. The molecule has 0 aliphatic carbocycles. The van der Waals surface area contributed by atoms with Crippen LogP contribution in [0.25, 0.3) is 0 Å². The second kappa shape index (κ2) is 9.28. The molecule has 0 saturated carbocycles. The molecule has 0 aliphatic heterocycles. The maximum absolute atomic E-state index is 13.3. The lowest BCUT2D eigenvalue weighted by atomic mass is 10.1. The summed E-state index contributed by atoms with van der Waals surface area (Å²) in [5, 5.41) is 0. The van der Waals surface area contributed by atoms with Crippen LogP contribution in [-0.2, 0) is 6.54 Å². The zero-order valence-electron chi connectivity index (χ0n) is 17.6. The lowest BCUT2D eigenvalue weighted by Gasteiger charge is -2.24. The lowest BCUT2D eigenvalue weighted by Crippen LogP contribution is -2.30. The molecule has 150 valence electrons. The van der Waals surface area contributed by atoms with Gasteiger partial charge in [-0.15, -0.1) is 0 Å². The number of amides is 1. The number of ether oxygens (including phenoxy) is 1. The predicted molar refractivity (Wildman–Crippen MR) is 120 cm³/mol. The molecule has 0 heterocycles. The summed E-state index contributed by atoms with van der Waals surface area (Å²) in [6.45, 7) is 5.08. The molecular formula is C25H28N2O2. The van der Waals surface area contributed by atoms with Crippen molar-refractivity contribution < 1.29 is 9.53 Å². The van der Waals surface area contributed by atoms with Gasteiger partial charge in [-0.2, -0.15) is 0 Å². The summed E-state index contributed by atoms with van der Waals surface area (Å²) in [7, 11) is 4.03. The molecule has 0 N–H and O–H groups in total. The van der Waals surface area contributed by atoms with Gasteiger partial charge in [-0.25, -0.2) is 0 Å². The Bertz CT molecular complexity index is 930. The Hall–Kier alpha value is -3.27. The first-order valence-electron chi connectivity index (χ1n) is 9.85. The van der Waals surface area contributed by atoms with Crippen molar-refractivity contribution in [3.8, 4) is 5.75 Å².